The van der Waals surface area contributed by atoms with E-state index in [1.54, 1.807) is 6.26 Å². The summed E-state index contributed by atoms with van der Waals surface area (Å²) in [5, 5.41) is 3.33. The van der Waals surface area contributed by atoms with Crippen molar-refractivity contribution < 1.29 is 9.47 Å². The summed E-state index contributed by atoms with van der Waals surface area (Å²) < 4.78 is 11.0. The molecule has 1 unspecified atom stereocenters. The van der Waals surface area contributed by atoms with E-state index in [9.17, 15) is 0 Å². The van der Waals surface area contributed by atoms with Crippen molar-refractivity contribution in [2.24, 2.45) is 0 Å². The third-order valence-corrected chi connectivity index (χ3v) is 2.47. The summed E-state index contributed by atoms with van der Waals surface area (Å²) in [6.45, 7) is 2.96. The molecule has 2 heterocycles. The molecule has 2 rings (SSSR count). The smallest absolute Gasteiger partial charge is 0.131 e. The standard InChI is InChI=1S/C10H17NO2/c1-3-9(7-11-5-1)13-10-4-2-6-12-8-10/h8-9,11H,1-7H2. The Morgan fingerprint density at radius 3 is 3.15 bits per heavy atom. The zero-order valence-electron chi connectivity index (χ0n) is 7.92. The van der Waals surface area contributed by atoms with Crippen molar-refractivity contribution in [2.45, 2.75) is 31.8 Å². The van der Waals surface area contributed by atoms with Gasteiger partial charge in [-0.3, -0.25) is 0 Å². The lowest BCUT2D eigenvalue weighted by molar-refractivity contribution is 0.0639. The second-order valence-electron chi connectivity index (χ2n) is 3.64. The molecule has 1 atom stereocenters. The Labute approximate surface area is 79.1 Å². The normalized spacial score (nSPS) is 28.9. The van der Waals surface area contributed by atoms with Gasteiger partial charge < -0.3 is 14.8 Å². The minimum Gasteiger partial charge on any atom is -0.498 e. The maximum Gasteiger partial charge on any atom is 0.131 e. The highest BCUT2D eigenvalue weighted by molar-refractivity contribution is 4.92. The maximum absolute atomic E-state index is 5.81. The monoisotopic (exact) mass is 183 g/mol. The molecule has 0 aromatic rings. The third kappa shape index (κ3) is 2.62. The van der Waals surface area contributed by atoms with Gasteiger partial charge in [-0.15, -0.1) is 0 Å². The van der Waals surface area contributed by atoms with Crippen molar-refractivity contribution in [3.63, 3.8) is 0 Å². The molecule has 1 saturated heterocycles. The molecule has 1 fully saturated rings. The fourth-order valence-electron chi connectivity index (χ4n) is 1.76. The Kier molecular flexibility index (Phi) is 3.08. The second kappa shape index (κ2) is 4.51. The molecule has 74 valence electrons. The number of piperidine rings is 1. The lowest BCUT2D eigenvalue weighted by Crippen LogP contribution is -2.35. The van der Waals surface area contributed by atoms with E-state index in [1.807, 2.05) is 0 Å². The van der Waals surface area contributed by atoms with Gasteiger partial charge in [0, 0.05) is 13.0 Å². The molecule has 13 heavy (non-hydrogen) atoms. The van der Waals surface area contributed by atoms with Gasteiger partial charge in [0.1, 0.15) is 18.1 Å². The van der Waals surface area contributed by atoms with Crippen LogP contribution in [0.15, 0.2) is 12.0 Å². The van der Waals surface area contributed by atoms with E-state index in [0.717, 1.165) is 38.3 Å². The first-order valence-electron chi connectivity index (χ1n) is 5.13. The Hall–Kier alpha value is -0.700. The molecule has 0 aliphatic carbocycles. The van der Waals surface area contributed by atoms with E-state index in [0.29, 0.717) is 6.10 Å². The first-order chi connectivity index (χ1) is 6.45. The van der Waals surface area contributed by atoms with Gasteiger partial charge in [-0.1, -0.05) is 0 Å². The molecular formula is C10H17NO2. The molecule has 0 aromatic heterocycles. The molecule has 0 radical (unpaired) electrons. The fourth-order valence-corrected chi connectivity index (χ4v) is 1.76. The van der Waals surface area contributed by atoms with E-state index in [1.165, 1.54) is 12.8 Å². The minimum atomic E-state index is 0.363. The lowest BCUT2D eigenvalue weighted by Gasteiger charge is -2.26. The average Bonchev–Trinajstić information content (AvgIpc) is 2.21. The van der Waals surface area contributed by atoms with E-state index >= 15 is 0 Å². The predicted octanol–water partition coefficient (Wildman–Crippen LogP) is 1.41. The zero-order valence-corrected chi connectivity index (χ0v) is 7.92. The van der Waals surface area contributed by atoms with Crippen molar-refractivity contribution in [3.05, 3.63) is 12.0 Å². The lowest BCUT2D eigenvalue weighted by atomic mass is 10.1. The van der Waals surface area contributed by atoms with Gasteiger partial charge in [-0.05, 0) is 25.8 Å². The van der Waals surface area contributed by atoms with Gasteiger partial charge >= 0.3 is 0 Å². The highest BCUT2D eigenvalue weighted by Crippen LogP contribution is 2.17. The van der Waals surface area contributed by atoms with Crippen LogP contribution >= 0.6 is 0 Å². The first kappa shape index (κ1) is 8.88. The fraction of sp³-hybridized carbons (Fsp3) is 0.800. The van der Waals surface area contributed by atoms with E-state index in [-0.39, 0.29) is 0 Å². The third-order valence-electron chi connectivity index (χ3n) is 2.47. The maximum atomic E-state index is 5.81. The van der Waals surface area contributed by atoms with Crippen LogP contribution in [0.1, 0.15) is 25.7 Å². The average molecular weight is 183 g/mol. The number of hydrogen-bond acceptors (Lipinski definition) is 3. The molecule has 2 aliphatic heterocycles. The zero-order chi connectivity index (χ0) is 8.93. The van der Waals surface area contributed by atoms with Crippen LogP contribution < -0.4 is 5.32 Å². The number of ether oxygens (including phenoxy) is 2. The number of allylic oxidation sites excluding steroid dienone is 1. The van der Waals surface area contributed by atoms with E-state index in [4.69, 9.17) is 9.47 Å². The highest BCUT2D eigenvalue weighted by atomic mass is 16.5. The minimum absolute atomic E-state index is 0.363. The van der Waals surface area contributed by atoms with Crippen LogP contribution in [-0.4, -0.2) is 25.8 Å². The van der Waals surface area contributed by atoms with Gasteiger partial charge in [-0.2, -0.15) is 0 Å². The van der Waals surface area contributed by atoms with Crippen LogP contribution in [0.25, 0.3) is 0 Å². The molecule has 1 N–H and O–H groups in total. The van der Waals surface area contributed by atoms with Gasteiger partial charge in [0.05, 0.1) is 6.61 Å². The topological polar surface area (TPSA) is 30.5 Å². The molecule has 0 spiro atoms. The molecule has 3 heteroatoms. The molecule has 0 bridgehead atoms. The van der Waals surface area contributed by atoms with Crippen molar-refractivity contribution >= 4 is 0 Å². The molecule has 3 nitrogen and oxygen atoms in total. The van der Waals surface area contributed by atoms with Gasteiger partial charge in [0.25, 0.3) is 0 Å². The van der Waals surface area contributed by atoms with Crippen LogP contribution in [-0.2, 0) is 9.47 Å². The van der Waals surface area contributed by atoms with Crippen LogP contribution in [0.5, 0.6) is 0 Å². The van der Waals surface area contributed by atoms with Crippen molar-refractivity contribution in [3.8, 4) is 0 Å². The number of rotatable bonds is 2. The van der Waals surface area contributed by atoms with Crippen molar-refractivity contribution in [1.82, 2.24) is 5.32 Å². The van der Waals surface area contributed by atoms with E-state index in [2.05, 4.69) is 5.32 Å². The Bertz CT molecular complexity index is 185. The summed E-state index contributed by atoms with van der Waals surface area (Å²) in [4.78, 5) is 0. The van der Waals surface area contributed by atoms with Gasteiger partial charge in [-0.25, -0.2) is 0 Å². The Balaban J connectivity index is 1.78. The summed E-state index contributed by atoms with van der Waals surface area (Å²) in [5.41, 5.74) is 0. The summed E-state index contributed by atoms with van der Waals surface area (Å²) in [5.74, 6) is 1.03. The molecule has 2 aliphatic rings. The van der Waals surface area contributed by atoms with Crippen molar-refractivity contribution in [1.29, 1.82) is 0 Å². The SMILES string of the molecule is C1=C(OC2CCCNC2)CCCO1. The predicted molar refractivity (Wildman–Crippen MR) is 50.2 cm³/mol. The first-order valence-corrected chi connectivity index (χ1v) is 5.13. The highest BCUT2D eigenvalue weighted by Gasteiger charge is 2.16. The summed E-state index contributed by atoms with van der Waals surface area (Å²) in [6.07, 6.45) is 6.66. The summed E-state index contributed by atoms with van der Waals surface area (Å²) in [7, 11) is 0. The molecule has 0 saturated carbocycles. The quantitative estimate of drug-likeness (QED) is 0.702. The Morgan fingerprint density at radius 2 is 2.46 bits per heavy atom. The molecule has 0 amide bonds. The second-order valence-corrected chi connectivity index (χ2v) is 3.64. The summed E-state index contributed by atoms with van der Waals surface area (Å²) >= 11 is 0. The van der Waals surface area contributed by atoms with Crippen LogP contribution in [0.4, 0.5) is 0 Å². The Morgan fingerprint density at radius 1 is 1.46 bits per heavy atom. The summed E-state index contributed by atoms with van der Waals surface area (Å²) in [6, 6.07) is 0. The largest absolute Gasteiger partial charge is 0.498 e. The number of nitrogens with one attached hydrogen (secondary N) is 1. The van der Waals surface area contributed by atoms with Crippen LogP contribution in [0.3, 0.4) is 0 Å². The van der Waals surface area contributed by atoms with Gasteiger partial charge in [0.15, 0.2) is 0 Å². The van der Waals surface area contributed by atoms with E-state index < -0.39 is 0 Å². The van der Waals surface area contributed by atoms with Crippen LogP contribution in [0.2, 0.25) is 0 Å². The van der Waals surface area contributed by atoms with Gasteiger partial charge in [0.2, 0.25) is 0 Å². The molecule has 0 aromatic carbocycles. The van der Waals surface area contributed by atoms with Crippen LogP contribution in [0, 0.1) is 0 Å². The van der Waals surface area contributed by atoms with Crippen molar-refractivity contribution in [2.75, 3.05) is 19.7 Å². The molecular weight excluding hydrogens is 166 g/mol. The number of hydrogen-bond donors (Lipinski definition) is 1.